The molecule has 0 saturated carbocycles. The number of aromatic nitrogens is 2. The minimum absolute atomic E-state index is 0.0295. The van der Waals surface area contributed by atoms with E-state index in [2.05, 4.69) is 9.97 Å². The Bertz CT molecular complexity index is 808. The van der Waals surface area contributed by atoms with Crippen molar-refractivity contribution in [3.8, 4) is 0 Å². The molecule has 0 unspecified atom stereocenters. The second-order valence-corrected chi connectivity index (χ2v) is 6.85. The van der Waals surface area contributed by atoms with E-state index < -0.39 is 5.97 Å². The van der Waals surface area contributed by atoms with Gasteiger partial charge in [0.05, 0.1) is 5.39 Å². The second kappa shape index (κ2) is 7.57. The van der Waals surface area contributed by atoms with Crippen LogP contribution < -0.4 is 5.73 Å². The van der Waals surface area contributed by atoms with Crippen molar-refractivity contribution in [2.45, 2.75) is 45.6 Å². The van der Waals surface area contributed by atoms with Crippen LogP contribution >= 0.6 is 11.3 Å². The molecule has 0 aromatic carbocycles. The molecule has 0 saturated heterocycles. The lowest BCUT2D eigenvalue weighted by Crippen LogP contribution is -2.06. The summed E-state index contributed by atoms with van der Waals surface area (Å²) in [6.45, 7) is 1.91. The number of hydrogen-bond acceptors (Lipinski definition) is 6. The summed E-state index contributed by atoms with van der Waals surface area (Å²) < 4.78 is 5.17. The second-order valence-electron chi connectivity index (χ2n) is 5.76. The van der Waals surface area contributed by atoms with Gasteiger partial charge in [0.25, 0.3) is 0 Å². The molecule has 5 nitrogen and oxygen atoms in total. The van der Waals surface area contributed by atoms with Crippen LogP contribution in [-0.4, -0.2) is 15.9 Å². The van der Waals surface area contributed by atoms with Gasteiger partial charge >= 0.3 is 5.97 Å². The molecule has 2 aromatic rings. The van der Waals surface area contributed by atoms with Crippen LogP contribution in [0, 0.1) is 0 Å². The summed E-state index contributed by atoms with van der Waals surface area (Å²) in [5, 5.41) is 1.000. The first-order chi connectivity index (χ1) is 11.7. The number of rotatable bonds is 4. The number of thiophene rings is 1. The van der Waals surface area contributed by atoms with Crippen LogP contribution in [0.4, 0.5) is 5.82 Å². The Hall–Kier alpha value is -2.21. The van der Waals surface area contributed by atoms with Gasteiger partial charge in [0.1, 0.15) is 10.6 Å². The Kier molecular flexibility index (Phi) is 5.25. The van der Waals surface area contributed by atoms with Gasteiger partial charge in [0, 0.05) is 11.0 Å². The first kappa shape index (κ1) is 16.6. The van der Waals surface area contributed by atoms with Gasteiger partial charge in [-0.25, -0.2) is 14.8 Å². The van der Waals surface area contributed by atoms with E-state index in [0.29, 0.717) is 11.6 Å². The van der Waals surface area contributed by atoms with Crippen molar-refractivity contribution in [2.75, 3.05) is 5.73 Å². The van der Waals surface area contributed by atoms with Gasteiger partial charge in [-0.05, 0) is 38.2 Å². The Labute approximate surface area is 145 Å². The van der Waals surface area contributed by atoms with Crippen LogP contribution in [0.15, 0.2) is 24.3 Å². The van der Waals surface area contributed by atoms with Gasteiger partial charge in [-0.2, -0.15) is 0 Å². The van der Waals surface area contributed by atoms with E-state index in [-0.39, 0.29) is 6.61 Å². The number of nitrogens with two attached hydrogens (primary N) is 1. The third-order valence-electron chi connectivity index (χ3n) is 4.02. The van der Waals surface area contributed by atoms with Crippen molar-refractivity contribution in [1.29, 1.82) is 0 Å². The van der Waals surface area contributed by atoms with Gasteiger partial charge in [0.15, 0.2) is 12.4 Å². The molecule has 24 heavy (non-hydrogen) atoms. The molecule has 1 aliphatic rings. The molecule has 6 heteroatoms. The zero-order valence-corrected chi connectivity index (χ0v) is 14.6. The number of anilines is 1. The summed E-state index contributed by atoms with van der Waals surface area (Å²) in [6, 6.07) is 0. The molecule has 2 N–H and O–H groups in total. The summed E-state index contributed by atoms with van der Waals surface area (Å²) in [5.41, 5.74) is 7.50. The Morgan fingerprint density at radius 1 is 1.25 bits per heavy atom. The van der Waals surface area contributed by atoms with Crippen molar-refractivity contribution < 1.29 is 9.53 Å². The summed E-state index contributed by atoms with van der Waals surface area (Å²) >= 11 is 1.70. The van der Waals surface area contributed by atoms with E-state index in [9.17, 15) is 4.79 Å². The number of nitrogens with zero attached hydrogens (tertiary/aromatic N) is 2. The summed E-state index contributed by atoms with van der Waals surface area (Å²) in [5.74, 6) is 0.524. The molecular formula is C18H21N3O2S. The van der Waals surface area contributed by atoms with E-state index >= 15 is 0 Å². The molecule has 1 aliphatic carbocycles. The number of aryl methyl sites for hydroxylation is 2. The number of ether oxygens (including phenoxy) is 1. The Morgan fingerprint density at radius 2 is 2.08 bits per heavy atom. The lowest BCUT2D eigenvalue weighted by Gasteiger charge is -2.05. The van der Waals surface area contributed by atoms with E-state index in [1.165, 1.54) is 35.8 Å². The standard InChI is InChI=1S/C18H21N3O2S/c1-2-3-5-10-15(22)23-11-14-20-17(19)16-12-8-6-4-7-9-13(12)24-18(16)21-14/h2-3,5,10H,4,6-9,11H2,1H3,(H2,19,20,21)/b3-2+,10-5+. The fourth-order valence-corrected chi connectivity index (χ4v) is 4.19. The molecule has 0 amide bonds. The maximum atomic E-state index is 11.6. The van der Waals surface area contributed by atoms with Crippen LogP contribution in [0.2, 0.25) is 0 Å². The van der Waals surface area contributed by atoms with Gasteiger partial charge < -0.3 is 10.5 Å². The third kappa shape index (κ3) is 3.64. The van der Waals surface area contributed by atoms with Crippen molar-refractivity contribution in [1.82, 2.24) is 9.97 Å². The number of carbonyl (C=O) groups excluding carboxylic acids is 1. The van der Waals surface area contributed by atoms with Crippen molar-refractivity contribution in [2.24, 2.45) is 0 Å². The predicted molar refractivity (Wildman–Crippen MR) is 96.8 cm³/mol. The minimum Gasteiger partial charge on any atom is -0.454 e. The summed E-state index contributed by atoms with van der Waals surface area (Å²) in [4.78, 5) is 22.8. The highest BCUT2D eigenvalue weighted by Crippen LogP contribution is 2.37. The average molecular weight is 343 g/mol. The molecule has 0 aliphatic heterocycles. The van der Waals surface area contributed by atoms with Crippen LogP contribution in [0.5, 0.6) is 0 Å². The normalized spacial score (nSPS) is 15.0. The zero-order chi connectivity index (χ0) is 16.9. The fraction of sp³-hybridized carbons (Fsp3) is 0.389. The van der Waals surface area contributed by atoms with E-state index in [1.807, 2.05) is 13.0 Å². The fourth-order valence-electron chi connectivity index (χ4n) is 2.90. The van der Waals surface area contributed by atoms with Crippen molar-refractivity contribution in [3.63, 3.8) is 0 Å². The lowest BCUT2D eigenvalue weighted by molar-refractivity contribution is -0.139. The third-order valence-corrected chi connectivity index (χ3v) is 5.20. The van der Waals surface area contributed by atoms with Crippen molar-refractivity contribution in [3.05, 3.63) is 40.6 Å². The van der Waals surface area contributed by atoms with Gasteiger partial charge in [-0.3, -0.25) is 0 Å². The minimum atomic E-state index is -0.419. The van der Waals surface area contributed by atoms with Crippen molar-refractivity contribution >= 4 is 33.3 Å². The molecule has 0 fully saturated rings. The maximum Gasteiger partial charge on any atom is 0.331 e. The van der Waals surface area contributed by atoms with Crippen LogP contribution in [-0.2, 0) is 29.0 Å². The van der Waals surface area contributed by atoms with Gasteiger partial charge in [-0.15, -0.1) is 11.3 Å². The molecule has 0 atom stereocenters. The molecule has 2 aromatic heterocycles. The monoisotopic (exact) mass is 343 g/mol. The maximum absolute atomic E-state index is 11.6. The number of allylic oxidation sites excluding steroid dienone is 3. The number of carbonyl (C=O) groups is 1. The van der Waals surface area contributed by atoms with E-state index in [4.69, 9.17) is 10.5 Å². The SMILES string of the molecule is C/C=C/C=C/C(=O)OCc1nc(N)c2c3c(sc2n1)CCCCC3. The summed E-state index contributed by atoms with van der Waals surface area (Å²) in [6.07, 6.45) is 12.4. The number of fused-ring (bicyclic) bond motifs is 3. The smallest absolute Gasteiger partial charge is 0.331 e. The lowest BCUT2D eigenvalue weighted by atomic mass is 10.1. The average Bonchev–Trinajstić information content (AvgIpc) is 2.75. The molecule has 126 valence electrons. The largest absolute Gasteiger partial charge is 0.454 e. The highest BCUT2D eigenvalue weighted by molar-refractivity contribution is 7.19. The highest BCUT2D eigenvalue weighted by atomic mass is 32.1. The first-order valence-electron chi connectivity index (χ1n) is 8.21. The number of nitrogen functional groups attached to an aromatic ring is 1. The van der Waals surface area contributed by atoms with Gasteiger partial charge in [-0.1, -0.05) is 24.6 Å². The van der Waals surface area contributed by atoms with E-state index in [1.54, 1.807) is 23.5 Å². The zero-order valence-electron chi connectivity index (χ0n) is 13.7. The molecule has 0 spiro atoms. The topological polar surface area (TPSA) is 78.1 Å². The Morgan fingerprint density at radius 3 is 2.92 bits per heavy atom. The quantitative estimate of drug-likeness (QED) is 0.396. The first-order valence-corrected chi connectivity index (χ1v) is 9.03. The highest BCUT2D eigenvalue weighted by Gasteiger charge is 2.19. The Balaban J connectivity index is 1.80. The summed E-state index contributed by atoms with van der Waals surface area (Å²) in [7, 11) is 0. The number of hydrogen-bond donors (Lipinski definition) is 1. The molecule has 0 radical (unpaired) electrons. The molecule has 0 bridgehead atoms. The van der Waals surface area contributed by atoms with Gasteiger partial charge in [0.2, 0.25) is 0 Å². The molecule has 3 rings (SSSR count). The predicted octanol–water partition coefficient (Wildman–Crippen LogP) is 3.72. The van der Waals surface area contributed by atoms with Crippen LogP contribution in [0.25, 0.3) is 10.2 Å². The van der Waals surface area contributed by atoms with Crippen LogP contribution in [0.1, 0.15) is 42.5 Å². The molecule has 2 heterocycles. The number of esters is 1. The van der Waals surface area contributed by atoms with E-state index in [0.717, 1.165) is 23.1 Å². The molecular weight excluding hydrogens is 322 g/mol. The van der Waals surface area contributed by atoms with Crippen LogP contribution in [0.3, 0.4) is 0 Å².